The molecule has 1 aromatic carbocycles. The Morgan fingerprint density at radius 1 is 1.22 bits per heavy atom. The van der Waals surface area contributed by atoms with Crippen LogP contribution in [-0.4, -0.2) is 30.2 Å². The van der Waals surface area contributed by atoms with Crippen molar-refractivity contribution < 1.29 is 4.79 Å². The van der Waals surface area contributed by atoms with Gasteiger partial charge in [-0.1, -0.05) is 12.1 Å². The van der Waals surface area contributed by atoms with Gasteiger partial charge in [0.25, 0.3) is 0 Å². The number of nitrogens with zero attached hydrogens (tertiary/aromatic N) is 1. The van der Waals surface area contributed by atoms with Gasteiger partial charge in [0.1, 0.15) is 0 Å². The van der Waals surface area contributed by atoms with E-state index in [9.17, 15) is 4.79 Å². The van der Waals surface area contributed by atoms with Crippen LogP contribution in [0.4, 0.5) is 0 Å². The van der Waals surface area contributed by atoms with Gasteiger partial charge in [0.15, 0.2) is 0 Å². The number of piperidine rings is 1. The molecule has 2 aromatic rings. The van der Waals surface area contributed by atoms with Crippen LogP contribution in [0.1, 0.15) is 29.9 Å². The van der Waals surface area contributed by atoms with E-state index in [0.717, 1.165) is 31.5 Å². The first-order valence-electron chi connectivity index (χ1n) is 7.89. The van der Waals surface area contributed by atoms with E-state index in [0.29, 0.717) is 5.92 Å². The summed E-state index contributed by atoms with van der Waals surface area (Å²) in [5, 5.41) is 4.37. The molecule has 0 saturated carbocycles. The van der Waals surface area contributed by atoms with Crippen LogP contribution < -0.4 is 0 Å². The highest BCUT2D eigenvalue weighted by molar-refractivity contribution is 7.98. The van der Waals surface area contributed by atoms with Crippen LogP contribution in [0.25, 0.3) is 6.08 Å². The number of carbonyl (C=O) groups is 1. The molecule has 2 heterocycles. The van der Waals surface area contributed by atoms with Gasteiger partial charge in [-0.3, -0.25) is 4.79 Å². The van der Waals surface area contributed by atoms with Crippen molar-refractivity contribution in [2.45, 2.75) is 23.7 Å². The molecule has 1 fully saturated rings. The number of carbonyl (C=O) groups excluding carboxylic acids is 1. The van der Waals surface area contributed by atoms with E-state index in [1.165, 1.54) is 10.5 Å². The minimum absolute atomic E-state index is 0.128. The number of rotatable bonds is 4. The fourth-order valence-corrected chi connectivity index (χ4v) is 4.08. The number of hydrogen-bond donors (Lipinski definition) is 0. The van der Waals surface area contributed by atoms with E-state index in [-0.39, 0.29) is 5.91 Å². The second-order valence-corrected chi connectivity index (χ2v) is 7.42. The van der Waals surface area contributed by atoms with Crippen LogP contribution in [-0.2, 0) is 4.79 Å². The van der Waals surface area contributed by atoms with E-state index in [1.54, 1.807) is 29.2 Å². The van der Waals surface area contributed by atoms with Gasteiger partial charge in [0, 0.05) is 24.1 Å². The Morgan fingerprint density at radius 2 is 1.96 bits per heavy atom. The van der Waals surface area contributed by atoms with Crippen LogP contribution in [0.3, 0.4) is 0 Å². The average Bonchev–Trinajstić information content (AvgIpc) is 3.15. The zero-order valence-corrected chi connectivity index (χ0v) is 14.9. The minimum Gasteiger partial charge on any atom is -0.339 e. The molecule has 3 rings (SSSR count). The Labute approximate surface area is 146 Å². The quantitative estimate of drug-likeness (QED) is 0.582. The van der Waals surface area contributed by atoms with Crippen molar-refractivity contribution in [3.63, 3.8) is 0 Å². The molecule has 1 amide bonds. The smallest absolute Gasteiger partial charge is 0.246 e. The molecule has 0 bridgehead atoms. The molecule has 4 heteroatoms. The molecule has 0 unspecified atom stereocenters. The molecule has 1 saturated heterocycles. The zero-order chi connectivity index (χ0) is 16.1. The van der Waals surface area contributed by atoms with Crippen molar-refractivity contribution in [1.82, 2.24) is 4.90 Å². The molecule has 23 heavy (non-hydrogen) atoms. The SMILES string of the molecule is CSc1ccc(/C=C/C(=O)N2CCC(c3ccsc3)CC2)cc1. The van der Waals surface area contributed by atoms with E-state index >= 15 is 0 Å². The summed E-state index contributed by atoms with van der Waals surface area (Å²) in [6.07, 6.45) is 7.82. The van der Waals surface area contributed by atoms with Crippen molar-refractivity contribution in [3.05, 3.63) is 58.3 Å². The lowest BCUT2D eigenvalue weighted by Crippen LogP contribution is -2.36. The molecule has 0 spiro atoms. The number of hydrogen-bond acceptors (Lipinski definition) is 3. The Kier molecular flexibility index (Phi) is 5.57. The molecule has 120 valence electrons. The fourth-order valence-electron chi connectivity index (χ4n) is 2.93. The van der Waals surface area contributed by atoms with Gasteiger partial charge in [-0.15, -0.1) is 11.8 Å². The number of likely N-dealkylation sites (tertiary alicyclic amines) is 1. The van der Waals surface area contributed by atoms with Gasteiger partial charge >= 0.3 is 0 Å². The Hall–Kier alpha value is -1.52. The summed E-state index contributed by atoms with van der Waals surface area (Å²) in [5.41, 5.74) is 2.51. The maximum Gasteiger partial charge on any atom is 0.246 e. The van der Waals surface area contributed by atoms with Crippen LogP contribution in [0.15, 0.2) is 52.1 Å². The highest BCUT2D eigenvalue weighted by atomic mass is 32.2. The van der Waals surface area contributed by atoms with Gasteiger partial charge in [-0.05, 0) is 71.2 Å². The predicted octanol–water partition coefficient (Wildman–Crippen LogP) is 4.89. The lowest BCUT2D eigenvalue weighted by Gasteiger charge is -2.31. The first kappa shape index (κ1) is 16.3. The monoisotopic (exact) mass is 343 g/mol. The van der Waals surface area contributed by atoms with Gasteiger partial charge in [0.05, 0.1) is 0 Å². The minimum atomic E-state index is 0.128. The third kappa shape index (κ3) is 4.27. The summed E-state index contributed by atoms with van der Waals surface area (Å²) in [4.78, 5) is 15.5. The molecular formula is C19H21NOS2. The summed E-state index contributed by atoms with van der Waals surface area (Å²) in [5.74, 6) is 0.746. The maximum atomic E-state index is 12.3. The molecule has 0 aliphatic carbocycles. The van der Waals surface area contributed by atoms with Crippen molar-refractivity contribution in [1.29, 1.82) is 0 Å². The second-order valence-electron chi connectivity index (χ2n) is 5.76. The normalized spacial score (nSPS) is 16.1. The van der Waals surface area contributed by atoms with Crippen LogP contribution in [0.5, 0.6) is 0 Å². The summed E-state index contributed by atoms with van der Waals surface area (Å²) < 4.78 is 0. The lowest BCUT2D eigenvalue weighted by atomic mass is 9.91. The Morgan fingerprint density at radius 3 is 2.57 bits per heavy atom. The highest BCUT2D eigenvalue weighted by Gasteiger charge is 2.22. The first-order valence-corrected chi connectivity index (χ1v) is 10.1. The Bertz CT molecular complexity index is 653. The number of thioether (sulfide) groups is 1. The number of benzene rings is 1. The maximum absolute atomic E-state index is 12.3. The van der Waals surface area contributed by atoms with E-state index in [1.807, 2.05) is 11.0 Å². The lowest BCUT2D eigenvalue weighted by molar-refractivity contribution is -0.126. The molecular weight excluding hydrogens is 322 g/mol. The van der Waals surface area contributed by atoms with Crippen molar-refractivity contribution in [3.8, 4) is 0 Å². The standard InChI is InChI=1S/C19H21NOS2/c1-22-18-5-2-15(3-6-18)4-7-19(21)20-11-8-16(9-12-20)17-10-13-23-14-17/h2-7,10,13-14,16H,8-9,11-12H2,1H3/b7-4+. The molecule has 0 atom stereocenters. The van der Waals surface area contributed by atoms with Gasteiger partial charge in [-0.2, -0.15) is 11.3 Å². The van der Waals surface area contributed by atoms with Crippen molar-refractivity contribution in [2.24, 2.45) is 0 Å². The topological polar surface area (TPSA) is 20.3 Å². The summed E-state index contributed by atoms with van der Waals surface area (Å²) in [7, 11) is 0. The van der Waals surface area contributed by atoms with Gasteiger partial charge in [-0.25, -0.2) is 0 Å². The number of amides is 1. The van der Waals surface area contributed by atoms with Crippen molar-refractivity contribution in [2.75, 3.05) is 19.3 Å². The molecule has 0 radical (unpaired) electrons. The largest absolute Gasteiger partial charge is 0.339 e. The Balaban J connectivity index is 1.53. The summed E-state index contributed by atoms with van der Waals surface area (Å²) >= 11 is 3.48. The fraction of sp³-hybridized carbons (Fsp3) is 0.316. The van der Waals surface area contributed by atoms with Crippen molar-refractivity contribution >= 4 is 35.1 Å². The predicted molar refractivity (Wildman–Crippen MR) is 100 cm³/mol. The molecule has 0 N–H and O–H groups in total. The third-order valence-electron chi connectivity index (χ3n) is 4.36. The van der Waals surface area contributed by atoms with Crippen LogP contribution >= 0.6 is 23.1 Å². The van der Waals surface area contributed by atoms with Crippen LogP contribution in [0.2, 0.25) is 0 Å². The zero-order valence-electron chi connectivity index (χ0n) is 13.3. The summed E-state index contributed by atoms with van der Waals surface area (Å²) in [6, 6.07) is 10.5. The molecule has 1 aliphatic rings. The third-order valence-corrected chi connectivity index (χ3v) is 5.80. The second kappa shape index (κ2) is 7.84. The molecule has 1 aromatic heterocycles. The van der Waals surface area contributed by atoms with Gasteiger partial charge in [0.2, 0.25) is 5.91 Å². The van der Waals surface area contributed by atoms with E-state index in [4.69, 9.17) is 0 Å². The first-order chi connectivity index (χ1) is 11.3. The highest BCUT2D eigenvalue weighted by Crippen LogP contribution is 2.29. The van der Waals surface area contributed by atoms with Gasteiger partial charge < -0.3 is 4.90 Å². The van der Waals surface area contributed by atoms with E-state index < -0.39 is 0 Å². The summed E-state index contributed by atoms with van der Waals surface area (Å²) in [6.45, 7) is 1.71. The number of thiophene rings is 1. The van der Waals surface area contributed by atoms with E-state index in [2.05, 4.69) is 47.3 Å². The molecule has 2 nitrogen and oxygen atoms in total. The molecule has 1 aliphatic heterocycles. The average molecular weight is 344 g/mol. The van der Waals surface area contributed by atoms with Crippen LogP contribution in [0, 0.1) is 0 Å².